The molecule has 1 N–H and O–H groups in total. The first kappa shape index (κ1) is 20.1. The van der Waals surface area contributed by atoms with Crippen molar-refractivity contribution in [1.29, 1.82) is 0 Å². The standard InChI is InChI=1S/C22H18ClN5OS/c1-15-7-5-8-16(13-15)21-26-27-22(28(21)17-9-3-2-4-10-17)30-14-19(29)25-18-11-6-12-24-20(18)23/h2-13H,14H2,1H3,(H,25,29). The summed E-state index contributed by atoms with van der Waals surface area (Å²) in [6.07, 6.45) is 1.57. The lowest BCUT2D eigenvalue weighted by Gasteiger charge is -2.11. The molecule has 2 heterocycles. The molecule has 0 saturated carbocycles. The van der Waals surface area contributed by atoms with E-state index in [1.807, 2.05) is 60.0 Å². The van der Waals surface area contributed by atoms with E-state index >= 15 is 0 Å². The second kappa shape index (κ2) is 9.11. The summed E-state index contributed by atoms with van der Waals surface area (Å²) in [5.74, 6) is 0.682. The number of thioether (sulfide) groups is 1. The molecule has 0 fully saturated rings. The number of anilines is 1. The van der Waals surface area contributed by atoms with Gasteiger partial charge in [-0.1, -0.05) is 65.3 Å². The Morgan fingerprint density at radius 3 is 2.67 bits per heavy atom. The monoisotopic (exact) mass is 435 g/mol. The van der Waals surface area contributed by atoms with Crippen molar-refractivity contribution in [3.05, 3.63) is 83.6 Å². The average molecular weight is 436 g/mol. The van der Waals surface area contributed by atoms with Crippen molar-refractivity contribution in [2.45, 2.75) is 12.1 Å². The maximum Gasteiger partial charge on any atom is 0.234 e. The second-order valence-corrected chi connectivity index (χ2v) is 7.83. The number of pyridine rings is 1. The van der Waals surface area contributed by atoms with Crippen LogP contribution < -0.4 is 5.32 Å². The summed E-state index contributed by atoms with van der Waals surface area (Å²) in [7, 11) is 0. The van der Waals surface area contributed by atoms with Crippen LogP contribution in [0.5, 0.6) is 0 Å². The van der Waals surface area contributed by atoms with Crippen LogP contribution in [0.4, 0.5) is 5.69 Å². The maximum absolute atomic E-state index is 12.4. The molecule has 0 bridgehead atoms. The Labute approximate surface area is 183 Å². The number of nitrogens with zero attached hydrogens (tertiary/aromatic N) is 4. The van der Waals surface area contributed by atoms with Crippen LogP contribution in [0, 0.1) is 6.92 Å². The summed E-state index contributed by atoms with van der Waals surface area (Å²) in [4.78, 5) is 16.4. The van der Waals surface area contributed by atoms with E-state index in [-0.39, 0.29) is 16.8 Å². The molecule has 0 spiro atoms. The average Bonchev–Trinajstić information content (AvgIpc) is 3.18. The minimum absolute atomic E-state index is 0.157. The van der Waals surface area contributed by atoms with Gasteiger partial charge in [0.25, 0.3) is 0 Å². The van der Waals surface area contributed by atoms with E-state index in [2.05, 4.69) is 26.6 Å². The highest BCUT2D eigenvalue weighted by molar-refractivity contribution is 7.99. The Morgan fingerprint density at radius 2 is 1.90 bits per heavy atom. The number of carbonyl (C=O) groups excluding carboxylic acids is 1. The lowest BCUT2D eigenvalue weighted by molar-refractivity contribution is -0.113. The van der Waals surface area contributed by atoms with Crippen LogP contribution in [0.3, 0.4) is 0 Å². The molecule has 0 aliphatic carbocycles. The number of nitrogens with one attached hydrogen (secondary N) is 1. The molecule has 4 rings (SSSR count). The van der Waals surface area contributed by atoms with Gasteiger partial charge >= 0.3 is 0 Å². The van der Waals surface area contributed by atoms with Gasteiger partial charge in [0.05, 0.1) is 11.4 Å². The number of amides is 1. The van der Waals surface area contributed by atoms with Gasteiger partial charge in [-0.25, -0.2) is 4.98 Å². The first-order valence-corrected chi connectivity index (χ1v) is 10.6. The van der Waals surface area contributed by atoms with Crippen LogP contribution in [-0.4, -0.2) is 31.4 Å². The van der Waals surface area contributed by atoms with Gasteiger partial charge < -0.3 is 5.32 Å². The molecule has 8 heteroatoms. The summed E-state index contributed by atoms with van der Waals surface area (Å²) in [5.41, 5.74) is 3.51. The number of rotatable bonds is 6. The van der Waals surface area contributed by atoms with Crippen LogP contribution >= 0.6 is 23.4 Å². The third kappa shape index (κ3) is 4.53. The van der Waals surface area contributed by atoms with E-state index < -0.39 is 0 Å². The summed E-state index contributed by atoms with van der Waals surface area (Å²) in [6.45, 7) is 2.04. The van der Waals surface area contributed by atoms with E-state index in [4.69, 9.17) is 11.6 Å². The molecule has 0 unspecified atom stereocenters. The van der Waals surface area contributed by atoms with Crippen molar-refractivity contribution in [2.75, 3.05) is 11.1 Å². The van der Waals surface area contributed by atoms with Gasteiger partial charge in [-0.15, -0.1) is 10.2 Å². The van der Waals surface area contributed by atoms with E-state index in [1.54, 1.807) is 18.3 Å². The van der Waals surface area contributed by atoms with E-state index in [0.29, 0.717) is 10.8 Å². The molecular formula is C22H18ClN5OS. The minimum atomic E-state index is -0.199. The van der Waals surface area contributed by atoms with Gasteiger partial charge in [0.1, 0.15) is 0 Å². The second-order valence-electron chi connectivity index (χ2n) is 6.53. The van der Waals surface area contributed by atoms with Gasteiger partial charge in [0.2, 0.25) is 5.91 Å². The summed E-state index contributed by atoms with van der Waals surface area (Å²) < 4.78 is 1.96. The number of benzene rings is 2. The number of aryl methyl sites for hydroxylation is 1. The SMILES string of the molecule is Cc1cccc(-c2nnc(SCC(=O)Nc3cccnc3Cl)n2-c2ccccc2)c1. The number of halogens is 1. The number of carbonyl (C=O) groups is 1. The third-order valence-corrected chi connectivity index (χ3v) is 5.52. The lowest BCUT2D eigenvalue weighted by Crippen LogP contribution is -2.15. The van der Waals surface area contributed by atoms with Crippen LogP contribution in [-0.2, 0) is 4.79 Å². The number of hydrogen-bond donors (Lipinski definition) is 1. The normalized spacial score (nSPS) is 10.7. The zero-order valence-corrected chi connectivity index (χ0v) is 17.7. The van der Waals surface area contributed by atoms with Crippen molar-refractivity contribution >= 4 is 35.0 Å². The third-order valence-electron chi connectivity index (χ3n) is 4.29. The summed E-state index contributed by atoms with van der Waals surface area (Å²) in [6, 6.07) is 21.4. The first-order chi connectivity index (χ1) is 14.6. The highest BCUT2D eigenvalue weighted by Gasteiger charge is 2.17. The molecule has 1 amide bonds. The molecule has 0 radical (unpaired) electrons. The van der Waals surface area contributed by atoms with Crippen molar-refractivity contribution < 1.29 is 4.79 Å². The Balaban J connectivity index is 1.60. The van der Waals surface area contributed by atoms with E-state index in [0.717, 1.165) is 22.6 Å². The predicted octanol–water partition coefficient (Wildman–Crippen LogP) is 5.02. The Hall–Kier alpha value is -3.16. The van der Waals surface area contributed by atoms with Gasteiger partial charge in [-0.3, -0.25) is 9.36 Å². The Bertz CT molecular complexity index is 1180. The van der Waals surface area contributed by atoms with Crippen molar-refractivity contribution in [3.63, 3.8) is 0 Å². The fourth-order valence-electron chi connectivity index (χ4n) is 2.94. The highest BCUT2D eigenvalue weighted by Crippen LogP contribution is 2.28. The maximum atomic E-state index is 12.4. The Morgan fingerprint density at radius 1 is 1.07 bits per heavy atom. The van der Waals surface area contributed by atoms with Crippen molar-refractivity contribution in [3.8, 4) is 17.1 Å². The Kier molecular flexibility index (Phi) is 6.11. The van der Waals surface area contributed by atoms with Crippen molar-refractivity contribution in [2.24, 2.45) is 0 Å². The zero-order valence-electron chi connectivity index (χ0n) is 16.1. The highest BCUT2D eigenvalue weighted by atomic mass is 35.5. The molecule has 0 atom stereocenters. The summed E-state index contributed by atoms with van der Waals surface area (Å²) in [5, 5.41) is 12.4. The van der Waals surface area contributed by atoms with Gasteiger partial charge in [-0.2, -0.15) is 0 Å². The fourth-order valence-corrected chi connectivity index (χ4v) is 3.86. The quantitative estimate of drug-likeness (QED) is 0.340. The van der Waals surface area contributed by atoms with Gasteiger partial charge in [-0.05, 0) is 37.3 Å². The molecule has 2 aromatic heterocycles. The molecule has 2 aromatic carbocycles. The molecule has 0 aliphatic rings. The van der Waals surface area contributed by atoms with Crippen LogP contribution in [0.2, 0.25) is 5.15 Å². The smallest absolute Gasteiger partial charge is 0.234 e. The van der Waals surface area contributed by atoms with E-state index in [1.165, 1.54) is 11.8 Å². The number of hydrogen-bond acceptors (Lipinski definition) is 5. The molecule has 4 aromatic rings. The largest absolute Gasteiger partial charge is 0.323 e. The molecule has 150 valence electrons. The van der Waals surface area contributed by atoms with Gasteiger partial charge in [0, 0.05) is 17.4 Å². The van der Waals surface area contributed by atoms with Crippen LogP contribution in [0.25, 0.3) is 17.1 Å². The van der Waals surface area contributed by atoms with Crippen molar-refractivity contribution in [1.82, 2.24) is 19.7 Å². The molecule has 6 nitrogen and oxygen atoms in total. The lowest BCUT2D eigenvalue weighted by atomic mass is 10.1. The van der Waals surface area contributed by atoms with E-state index in [9.17, 15) is 4.79 Å². The van der Waals surface area contributed by atoms with Crippen LogP contribution in [0.1, 0.15) is 5.56 Å². The molecule has 30 heavy (non-hydrogen) atoms. The zero-order chi connectivity index (χ0) is 20.9. The minimum Gasteiger partial charge on any atom is -0.323 e. The molecule has 0 saturated heterocycles. The first-order valence-electron chi connectivity index (χ1n) is 9.23. The molecular weight excluding hydrogens is 418 g/mol. The van der Waals surface area contributed by atoms with Crippen LogP contribution in [0.15, 0.2) is 78.1 Å². The number of aromatic nitrogens is 4. The van der Waals surface area contributed by atoms with Gasteiger partial charge in [0.15, 0.2) is 16.1 Å². The molecule has 0 aliphatic heterocycles. The fraction of sp³-hybridized carbons (Fsp3) is 0.0909. The predicted molar refractivity (Wildman–Crippen MR) is 120 cm³/mol. The topological polar surface area (TPSA) is 72.7 Å². The number of para-hydroxylation sites is 1. The summed E-state index contributed by atoms with van der Waals surface area (Å²) >= 11 is 7.32.